The van der Waals surface area contributed by atoms with Crippen LogP contribution in [-0.2, 0) is 0 Å². The van der Waals surface area contributed by atoms with Crippen LogP contribution in [0.1, 0.15) is 72.1 Å². The Morgan fingerprint density at radius 3 is 1.92 bits per heavy atom. The molecule has 0 saturated carbocycles. The molecule has 0 rings (SSSR count). The largest absolute Gasteiger partial charge is 0.0654 e. The number of unbranched alkanes of at least 4 members (excludes halogenated alkanes) is 4. The maximum atomic E-state index is 2.40. The Labute approximate surface area is 78.8 Å². The molecule has 0 aromatic carbocycles. The third kappa shape index (κ3) is 8.10. The van der Waals surface area contributed by atoms with Crippen molar-refractivity contribution in [2.75, 3.05) is 0 Å². The summed E-state index contributed by atoms with van der Waals surface area (Å²) >= 11 is 0. The van der Waals surface area contributed by atoms with Gasteiger partial charge in [-0.1, -0.05) is 72.1 Å². The molecule has 0 nitrogen and oxygen atoms in total. The molecule has 0 aliphatic heterocycles. The average molecular weight is 170 g/mol. The monoisotopic (exact) mass is 170 g/mol. The molecule has 0 radical (unpaired) electrons. The first-order valence-corrected chi connectivity index (χ1v) is 5.81. The molecule has 0 amide bonds. The Hall–Kier alpha value is 0. The molecule has 0 spiro atoms. The zero-order valence-corrected chi connectivity index (χ0v) is 9.23. The summed E-state index contributed by atoms with van der Waals surface area (Å²) in [6.07, 6.45) is 11.4. The quantitative estimate of drug-likeness (QED) is 0.460. The van der Waals surface area contributed by atoms with Crippen molar-refractivity contribution in [3.8, 4) is 0 Å². The number of hydrogen-bond donors (Lipinski definition) is 0. The molecule has 0 aliphatic carbocycles. The average Bonchev–Trinajstić information content (AvgIpc) is 2.09. The van der Waals surface area contributed by atoms with Crippen LogP contribution in [-0.4, -0.2) is 0 Å². The summed E-state index contributed by atoms with van der Waals surface area (Å²) in [5.41, 5.74) is 0. The zero-order chi connectivity index (χ0) is 9.23. The molecule has 0 aromatic heterocycles. The van der Waals surface area contributed by atoms with Crippen LogP contribution in [0.4, 0.5) is 0 Å². The lowest BCUT2D eigenvalue weighted by atomic mass is 9.97. The minimum atomic E-state index is 0.974. The Balaban J connectivity index is 3.02. The van der Waals surface area contributed by atoms with Gasteiger partial charge >= 0.3 is 0 Å². The number of rotatable bonds is 8. The Kier molecular flexibility index (Phi) is 9.09. The second-order valence-electron chi connectivity index (χ2n) is 4.10. The van der Waals surface area contributed by atoms with E-state index in [4.69, 9.17) is 0 Å². The van der Waals surface area contributed by atoms with Crippen LogP contribution in [0.15, 0.2) is 0 Å². The molecular formula is C12H26. The molecule has 12 heavy (non-hydrogen) atoms. The summed E-state index contributed by atoms with van der Waals surface area (Å²) in [4.78, 5) is 0. The first-order valence-electron chi connectivity index (χ1n) is 5.81. The fourth-order valence-electron chi connectivity index (χ4n) is 1.62. The fraction of sp³-hybridized carbons (Fsp3) is 1.00. The highest BCUT2D eigenvalue weighted by Crippen LogP contribution is 2.15. The molecule has 0 aromatic rings. The molecule has 0 fully saturated rings. The van der Waals surface area contributed by atoms with Gasteiger partial charge < -0.3 is 0 Å². The number of hydrogen-bond acceptors (Lipinski definition) is 0. The van der Waals surface area contributed by atoms with Crippen LogP contribution < -0.4 is 0 Å². The second kappa shape index (κ2) is 9.09. The van der Waals surface area contributed by atoms with Gasteiger partial charge in [0.2, 0.25) is 0 Å². The normalized spacial score (nSPS) is 13.2. The van der Waals surface area contributed by atoms with Crippen LogP contribution in [0, 0.1) is 5.92 Å². The summed E-state index contributed by atoms with van der Waals surface area (Å²) < 4.78 is 0. The highest BCUT2D eigenvalue weighted by Gasteiger charge is 2.00. The summed E-state index contributed by atoms with van der Waals surface area (Å²) in [5.74, 6) is 0.974. The van der Waals surface area contributed by atoms with Gasteiger partial charge in [0.05, 0.1) is 0 Å². The van der Waals surface area contributed by atoms with Crippen molar-refractivity contribution >= 4 is 0 Å². The highest BCUT2D eigenvalue weighted by molar-refractivity contribution is 4.53. The van der Waals surface area contributed by atoms with Gasteiger partial charge in [0.25, 0.3) is 0 Å². The van der Waals surface area contributed by atoms with E-state index in [-0.39, 0.29) is 0 Å². The Morgan fingerprint density at radius 2 is 1.33 bits per heavy atom. The predicted octanol–water partition coefficient (Wildman–Crippen LogP) is 4.78. The van der Waals surface area contributed by atoms with E-state index in [2.05, 4.69) is 20.8 Å². The van der Waals surface area contributed by atoms with E-state index in [1.807, 2.05) is 0 Å². The lowest BCUT2D eigenvalue weighted by molar-refractivity contribution is 0.445. The molecule has 74 valence electrons. The molecule has 0 saturated heterocycles. The smallest absolute Gasteiger partial charge is 0.0443 e. The highest BCUT2D eigenvalue weighted by atomic mass is 14.1. The lowest BCUT2D eigenvalue weighted by Gasteiger charge is -2.09. The third-order valence-electron chi connectivity index (χ3n) is 2.60. The summed E-state index contributed by atoms with van der Waals surface area (Å²) in [5, 5.41) is 0. The first kappa shape index (κ1) is 12.0. The van der Waals surface area contributed by atoms with E-state index in [9.17, 15) is 0 Å². The third-order valence-corrected chi connectivity index (χ3v) is 2.60. The SMILES string of the molecule is CCCCCCC(C)CCCC. The summed E-state index contributed by atoms with van der Waals surface area (Å²) in [7, 11) is 0. The van der Waals surface area contributed by atoms with Gasteiger partial charge in [0, 0.05) is 0 Å². The van der Waals surface area contributed by atoms with Gasteiger partial charge in [-0.2, -0.15) is 0 Å². The van der Waals surface area contributed by atoms with Crippen LogP contribution in [0.25, 0.3) is 0 Å². The molecule has 0 bridgehead atoms. The van der Waals surface area contributed by atoms with E-state index < -0.39 is 0 Å². The van der Waals surface area contributed by atoms with E-state index in [0.717, 1.165) is 5.92 Å². The zero-order valence-electron chi connectivity index (χ0n) is 9.23. The topological polar surface area (TPSA) is 0 Å². The molecule has 0 aliphatic rings. The van der Waals surface area contributed by atoms with Gasteiger partial charge in [-0.15, -0.1) is 0 Å². The van der Waals surface area contributed by atoms with Gasteiger partial charge in [-0.3, -0.25) is 0 Å². The Bertz CT molecular complexity index is 76.1. The van der Waals surface area contributed by atoms with Crippen molar-refractivity contribution in [1.82, 2.24) is 0 Å². The van der Waals surface area contributed by atoms with Crippen molar-refractivity contribution in [2.45, 2.75) is 72.1 Å². The van der Waals surface area contributed by atoms with Gasteiger partial charge in [0.15, 0.2) is 0 Å². The van der Waals surface area contributed by atoms with Crippen LogP contribution >= 0.6 is 0 Å². The molecular weight excluding hydrogens is 144 g/mol. The second-order valence-corrected chi connectivity index (χ2v) is 4.10. The fourth-order valence-corrected chi connectivity index (χ4v) is 1.62. The van der Waals surface area contributed by atoms with Gasteiger partial charge in [-0.25, -0.2) is 0 Å². The van der Waals surface area contributed by atoms with Crippen molar-refractivity contribution in [1.29, 1.82) is 0 Å². The van der Waals surface area contributed by atoms with Crippen LogP contribution in [0.2, 0.25) is 0 Å². The van der Waals surface area contributed by atoms with Crippen molar-refractivity contribution < 1.29 is 0 Å². The van der Waals surface area contributed by atoms with E-state index in [1.165, 1.54) is 51.4 Å². The van der Waals surface area contributed by atoms with Crippen molar-refractivity contribution in [3.05, 3.63) is 0 Å². The lowest BCUT2D eigenvalue weighted by Crippen LogP contribution is -1.94. The van der Waals surface area contributed by atoms with E-state index in [1.54, 1.807) is 0 Å². The molecule has 0 heterocycles. The maximum absolute atomic E-state index is 2.40. The minimum Gasteiger partial charge on any atom is -0.0654 e. The molecule has 0 N–H and O–H groups in total. The van der Waals surface area contributed by atoms with E-state index in [0.29, 0.717) is 0 Å². The van der Waals surface area contributed by atoms with Gasteiger partial charge in [0.1, 0.15) is 0 Å². The maximum Gasteiger partial charge on any atom is -0.0443 e. The standard InChI is InChI=1S/C12H26/c1-4-6-8-9-11-12(3)10-7-5-2/h12H,4-11H2,1-3H3. The predicted molar refractivity (Wildman–Crippen MR) is 57.4 cm³/mol. The molecule has 1 unspecified atom stereocenters. The van der Waals surface area contributed by atoms with Crippen LogP contribution in [0.3, 0.4) is 0 Å². The van der Waals surface area contributed by atoms with Crippen molar-refractivity contribution in [2.24, 2.45) is 5.92 Å². The first-order chi connectivity index (χ1) is 5.81. The van der Waals surface area contributed by atoms with E-state index >= 15 is 0 Å². The molecule has 0 heteroatoms. The molecule has 1 atom stereocenters. The van der Waals surface area contributed by atoms with Crippen LogP contribution in [0.5, 0.6) is 0 Å². The Morgan fingerprint density at radius 1 is 0.750 bits per heavy atom. The van der Waals surface area contributed by atoms with Gasteiger partial charge in [-0.05, 0) is 5.92 Å². The minimum absolute atomic E-state index is 0.974. The summed E-state index contributed by atoms with van der Waals surface area (Å²) in [6.45, 7) is 6.96. The van der Waals surface area contributed by atoms with Crippen molar-refractivity contribution in [3.63, 3.8) is 0 Å². The summed E-state index contributed by atoms with van der Waals surface area (Å²) in [6, 6.07) is 0.